The molecule has 9 heteroatoms. The number of methoxy groups -OCH3 is 2. The van der Waals surface area contributed by atoms with Gasteiger partial charge in [0, 0.05) is 17.8 Å². The Hall–Kier alpha value is -4.01. The quantitative estimate of drug-likeness (QED) is 0.409. The van der Waals surface area contributed by atoms with E-state index in [2.05, 4.69) is 22.4 Å². The van der Waals surface area contributed by atoms with Crippen LogP contribution in [-0.2, 0) is 0 Å². The fourth-order valence-corrected chi connectivity index (χ4v) is 4.17. The Balaban J connectivity index is 1.76. The van der Waals surface area contributed by atoms with E-state index in [-0.39, 0.29) is 11.8 Å². The van der Waals surface area contributed by atoms with Gasteiger partial charge in [0.2, 0.25) is 5.82 Å². The topological polar surface area (TPSA) is 110 Å². The van der Waals surface area contributed by atoms with Crippen LogP contribution in [0.5, 0.6) is 17.2 Å². The average molecular weight is 479 g/mol. The number of phenolic OH excluding ortho intramolecular Hbond substituents is 1. The van der Waals surface area contributed by atoms with Crippen molar-refractivity contribution in [3.05, 3.63) is 59.6 Å². The normalized spacial score (nSPS) is 15.8. The molecule has 1 aliphatic heterocycles. The number of hydrogen-bond donors (Lipinski definition) is 2. The van der Waals surface area contributed by atoms with Crippen molar-refractivity contribution in [2.75, 3.05) is 20.8 Å². The number of unbranched alkanes of at least 4 members (excludes halogenated alkanes) is 2. The molecule has 3 aromatic rings. The van der Waals surface area contributed by atoms with E-state index in [1.807, 2.05) is 31.2 Å². The number of nitrogens with one attached hydrogen (secondary N) is 1. The van der Waals surface area contributed by atoms with Gasteiger partial charge in [-0.05, 0) is 55.3 Å². The lowest BCUT2D eigenvalue weighted by Gasteiger charge is -2.35. The van der Waals surface area contributed by atoms with Crippen LogP contribution in [0.15, 0.2) is 52.7 Å². The zero-order valence-corrected chi connectivity index (χ0v) is 20.4. The maximum absolute atomic E-state index is 13.1. The van der Waals surface area contributed by atoms with Gasteiger partial charge < -0.3 is 24.4 Å². The minimum Gasteiger partial charge on any atom is -0.504 e. The van der Waals surface area contributed by atoms with Crippen LogP contribution in [0, 0.1) is 0 Å². The maximum atomic E-state index is 13.1. The number of ether oxygens (including phenoxy) is 2. The second kappa shape index (κ2) is 10.5. The van der Waals surface area contributed by atoms with E-state index in [4.69, 9.17) is 14.0 Å². The zero-order valence-electron chi connectivity index (χ0n) is 20.4. The number of amides is 2. The smallest absolute Gasteiger partial charge is 0.322 e. The lowest BCUT2D eigenvalue weighted by atomic mass is 9.94. The first kappa shape index (κ1) is 24.1. The van der Waals surface area contributed by atoms with Crippen molar-refractivity contribution in [3.63, 3.8) is 0 Å². The van der Waals surface area contributed by atoms with Crippen molar-refractivity contribution in [1.82, 2.24) is 20.4 Å². The predicted octanol–water partition coefficient (Wildman–Crippen LogP) is 5.15. The van der Waals surface area contributed by atoms with Gasteiger partial charge in [0.15, 0.2) is 11.5 Å². The third-order valence-corrected chi connectivity index (χ3v) is 6.12. The van der Waals surface area contributed by atoms with Gasteiger partial charge in [-0.15, -0.1) is 0 Å². The molecule has 0 fully saturated rings. The van der Waals surface area contributed by atoms with Gasteiger partial charge in [-0.2, -0.15) is 4.98 Å². The summed E-state index contributed by atoms with van der Waals surface area (Å²) in [5.41, 5.74) is 2.86. The summed E-state index contributed by atoms with van der Waals surface area (Å²) >= 11 is 0. The van der Waals surface area contributed by atoms with E-state index in [0.717, 1.165) is 36.3 Å². The molecule has 2 amide bonds. The molecule has 4 rings (SSSR count). The lowest BCUT2D eigenvalue weighted by molar-refractivity contribution is 0.204. The number of phenols is 1. The third kappa shape index (κ3) is 4.94. The number of hydrogen-bond acceptors (Lipinski definition) is 7. The molecular weight excluding hydrogens is 448 g/mol. The summed E-state index contributed by atoms with van der Waals surface area (Å²) < 4.78 is 16.1. The maximum Gasteiger partial charge on any atom is 0.322 e. The van der Waals surface area contributed by atoms with E-state index in [9.17, 15) is 9.90 Å². The van der Waals surface area contributed by atoms with Gasteiger partial charge in [-0.25, -0.2) is 4.79 Å². The largest absolute Gasteiger partial charge is 0.504 e. The summed E-state index contributed by atoms with van der Waals surface area (Å²) in [4.78, 5) is 19.4. The molecule has 0 radical (unpaired) electrons. The van der Waals surface area contributed by atoms with Crippen LogP contribution >= 0.6 is 0 Å². The first-order chi connectivity index (χ1) is 17.0. The standard InChI is InChI=1S/C26H30N4O5/c1-5-6-7-14-30-16(2)22(23(27-26(30)32)18-10-13-21(34-4)20(31)15-18)25-28-24(29-35-25)17-8-11-19(33-3)12-9-17/h8-13,15,23,31H,5-7,14H2,1-4H3,(H,27,32). The second-order valence-electron chi connectivity index (χ2n) is 8.32. The summed E-state index contributed by atoms with van der Waals surface area (Å²) in [6.07, 6.45) is 2.95. The Bertz CT molecular complexity index is 1220. The third-order valence-electron chi connectivity index (χ3n) is 6.12. The predicted molar refractivity (Wildman–Crippen MR) is 131 cm³/mol. The SMILES string of the molecule is CCCCCN1C(=O)NC(c2ccc(OC)c(O)c2)C(c2nc(-c3ccc(OC)cc3)no2)=C1C. The van der Waals surface area contributed by atoms with Crippen LogP contribution < -0.4 is 14.8 Å². The number of allylic oxidation sites excluding steroid dienone is 1. The van der Waals surface area contributed by atoms with E-state index >= 15 is 0 Å². The van der Waals surface area contributed by atoms with Gasteiger partial charge in [0.05, 0.1) is 25.8 Å². The van der Waals surface area contributed by atoms with Gasteiger partial charge in [0.25, 0.3) is 5.89 Å². The molecule has 2 aromatic carbocycles. The Morgan fingerprint density at radius 1 is 1.11 bits per heavy atom. The van der Waals surface area contributed by atoms with Crippen molar-refractivity contribution in [2.24, 2.45) is 0 Å². The minimum atomic E-state index is -0.592. The van der Waals surface area contributed by atoms with Crippen molar-refractivity contribution in [1.29, 1.82) is 0 Å². The molecule has 184 valence electrons. The molecular formula is C26H30N4O5. The number of rotatable bonds is 9. The zero-order chi connectivity index (χ0) is 24.9. The first-order valence-electron chi connectivity index (χ1n) is 11.6. The molecule has 1 aliphatic rings. The highest BCUT2D eigenvalue weighted by Gasteiger charge is 2.36. The highest BCUT2D eigenvalue weighted by molar-refractivity contribution is 5.87. The fraction of sp³-hybridized carbons (Fsp3) is 0.346. The highest BCUT2D eigenvalue weighted by Crippen LogP contribution is 2.39. The van der Waals surface area contributed by atoms with Crippen LogP contribution in [0.2, 0.25) is 0 Å². The van der Waals surface area contributed by atoms with E-state index < -0.39 is 6.04 Å². The number of aromatic hydroxyl groups is 1. The van der Waals surface area contributed by atoms with Crippen molar-refractivity contribution in [3.8, 4) is 28.6 Å². The summed E-state index contributed by atoms with van der Waals surface area (Å²) in [5.74, 6) is 1.78. The summed E-state index contributed by atoms with van der Waals surface area (Å²) in [5, 5.41) is 17.6. The molecule has 0 bridgehead atoms. The molecule has 35 heavy (non-hydrogen) atoms. The molecule has 9 nitrogen and oxygen atoms in total. The lowest BCUT2D eigenvalue weighted by Crippen LogP contribution is -2.46. The summed E-state index contributed by atoms with van der Waals surface area (Å²) in [6, 6.07) is 11.6. The summed E-state index contributed by atoms with van der Waals surface area (Å²) in [6.45, 7) is 4.58. The van der Waals surface area contributed by atoms with Gasteiger partial charge in [-0.3, -0.25) is 4.90 Å². The number of aromatic nitrogens is 2. The van der Waals surface area contributed by atoms with Crippen molar-refractivity contribution >= 4 is 11.6 Å². The molecule has 1 atom stereocenters. The molecule has 1 unspecified atom stereocenters. The van der Waals surface area contributed by atoms with Crippen LogP contribution in [0.25, 0.3) is 17.0 Å². The van der Waals surface area contributed by atoms with Crippen molar-refractivity contribution in [2.45, 2.75) is 39.2 Å². The molecule has 2 heterocycles. The second-order valence-corrected chi connectivity index (χ2v) is 8.32. The number of carbonyl (C=O) groups is 1. The fourth-order valence-electron chi connectivity index (χ4n) is 4.17. The number of benzene rings is 2. The van der Waals surface area contributed by atoms with Gasteiger partial charge in [-0.1, -0.05) is 31.0 Å². The highest BCUT2D eigenvalue weighted by atomic mass is 16.5. The summed E-state index contributed by atoms with van der Waals surface area (Å²) in [7, 11) is 3.09. The molecule has 1 aromatic heterocycles. The van der Waals surface area contributed by atoms with Gasteiger partial charge in [0.1, 0.15) is 5.75 Å². The van der Waals surface area contributed by atoms with Crippen molar-refractivity contribution < 1.29 is 23.9 Å². The molecule has 0 saturated heterocycles. The average Bonchev–Trinajstić information content (AvgIpc) is 3.35. The monoisotopic (exact) mass is 478 g/mol. The number of carbonyl (C=O) groups excluding carboxylic acids is 1. The Morgan fingerprint density at radius 3 is 2.54 bits per heavy atom. The Kier molecular flexibility index (Phi) is 7.24. The Labute approximate surface area is 204 Å². The van der Waals surface area contributed by atoms with Crippen LogP contribution in [0.4, 0.5) is 4.79 Å². The molecule has 2 N–H and O–H groups in total. The van der Waals surface area contributed by atoms with Crippen LogP contribution in [0.1, 0.15) is 50.6 Å². The van der Waals surface area contributed by atoms with E-state index in [1.54, 1.807) is 30.2 Å². The number of nitrogens with zero attached hydrogens (tertiary/aromatic N) is 3. The van der Waals surface area contributed by atoms with Crippen LogP contribution in [0.3, 0.4) is 0 Å². The molecule has 0 spiro atoms. The molecule has 0 saturated carbocycles. The van der Waals surface area contributed by atoms with E-state index in [1.165, 1.54) is 7.11 Å². The number of urea groups is 1. The van der Waals surface area contributed by atoms with E-state index in [0.29, 0.717) is 35.1 Å². The Morgan fingerprint density at radius 2 is 1.89 bits per heavy atom. The minimum absolute atomic E-state index is 0.0221. The first-order valence-corrected chi connectivity index (χ1v) is 11.6. The molecule has 0 aliphatic carbocycles. The van der Waals surface area contributed by atoms with Gasteiger partial charge >= 0.3 is 6.03 Å². The van der Waals surface area contributed by atoms with Crippen LogP contribution in [-0.4, -0.2) is 46.9 Å².